The third-order valence-electron chi connectivity index (χ3n) is 4.13. The molecule has 0 saturated heterocycles. The molecule has 2 N–H and O–H groups in total. The maximum atomic E-state index is 12.6. The maximum absolute atomic E-state index is 12.6. The molecule has 0 heterocycles. The fraction of sp³-hybridized carbons (Fsp3) is 0.350. The largest absolute Gasteiger partial charge is 0.322 e. The second-order valence-electron chi connectivity index (χ2n) is 6.23. The topological polar surface area (TPSA) is 75.3 Å². The van der Waals surface area contributed by atoms with Crippen molar-refractivity contribution in [3.8, 4) is 0 Å². The van der Waals surface area contributed by atoms with Gasteiger partial charge in [-0.1, -0.05) is 38.5 Å². The van der Waals surface area contributed by atoms with Crippen molar-refractivity contribution in [3.05, 3.63) is 59.2 Å². The van der Waals surface area contributed by atoms with Crippen LogP contribution in [0.1, 0.15) is 48.2 Å². The molecular formula is C20H26N2O3S. The second kappa shape index (κ2) is 8.96. The van der Waals surface area contributed by atoms with Gasteiger partial charge in [-0.15, -0.1) is 0 Å². The van der Waals surface area contributed by atoms with Crippen molar-refractivity contribution in [2.45, 2.75) is 44.9 Å². The number of carbonyl (C=O) groups is 1. The summed E-state index contributed by atoms with van der Waals surface area (Å²) in [5, 5.41) is 2.84. The Kier molecular flexibility index (Phi) is 6.94. The fourth-order valence-electron chi connectivity index (χ4n) is 2.62. The van der Waals surface area contributed by atoms with Gasteiger partial charge in [-0.05, 0) is 55.2 Å². The van der Waals surface area contributed by atoms with E-state index in [0.29, 0.717) is 17.8 Å². The van der Waals surface area contributed by atoms with Crippen molar-refractivity contribution in [1.82, 2.24) is 4.72 Å². The van der Waals surface area contributed by atoms with Gasteiger partial charge in [0, 0.05) is 17.8 Å². The first-order valence-corrected chi connectivity index (χ1v) is 10.4. The van der Waals surface area contributed by atoms with E-state index in [4.69, 9.17) is 0 Å². The van der Waals surface area contributed by atoms with E-state index in [-0.39, 0.29) is 10.8 Å². The highest BCUT2D eigenvalue weighted by Gasteiger charge is 2.17. The average molecular weight is 375 g/mol. The molecule has 2 aromatic rings. The van der Waals surface area contributed by atoms with Crippen LogP contribution in [0.5, 0.6) is 0 Å². The Morgan fingerprint density at radius 3 is 2.35 bits per heavy atom. The minimum Gasteiger partial charge on any atom is -0.322 e. The number of anilines is 1. The van der Waals surface area contributed by atoms with Gasteiger partial charge in [0.05, 0.1) is 4.90 Å². The molecule has 0 radical (unpaired) electrons. The number of hydrogen-bond acceptors (Lipinski definition) is 3. The zero-order valence-corrected chi connectivity index (χ0v) is 16.3. The molecule has 0 spiro atoms. The summed E-state index contributed by atoms with van der Waals surface area (Å²) < 4.78 is 26.8. The van der Waals surface area contributed by atoms with Crippen molar-refractivity contribution in [1.29, 1.82) is 0 Å². The van der Waals surface area contributed by atoms with Crippen LogP contribution in [0.4, 0.5) is 5.69 Å². The van der Waals surface area contributed by atoms with Crippen molar-refractivity contribution >= 4 is 21.6 Å². The quantitative estimate of drug-likeness (QED) is 0.736. The van der Waals surface area contributed by atoms with Crippen LogP contribution in [0.2, 0.25) is 0 Å². The number of rotatable bonds is 8. The molecule has 140 valence electrons. The van der Waals surface area contributed by atoms with E-state index in [0.717, 1.165) is 24.8 Å². The molecule has 2 rings (SSSR count). The summed E-state index contributed by atoms with van der Waals surface area (Å²) in [6.07, 6.45) is 3.30. The molecule has 0 saturated carbocycles. The second-order valence-corrected chi connectivity index (χ2v) is 8.00. The molecule has 26 heavy (non-hydrogen) atoms. The molecule has 0 unspecified atom stereocenters. The molecule has 6 heteroatoms. The number of sulfonamides is 1. The van der Waals surface area contributed by atoms with Crippen LogP contribution in [-0.4, -0.2) is 20.9 Å². The number of amides is 1. The van der Waals surface area contributed by atoms with Crippen molar-refractivity contribution < 1.29 is 13.2 Å². The van der Waals surface area contributed by atoms with Crippen LogP contribution in [0.25, 0.3) is 0 Å². The summed E-state index contributed by atoms with van der Waals surface area (Å²) in [5.41, 5.74) is 2.99. The van der Waals surface area contributed by atoms with Gasteiger partial charge in [-0.25, -0.2) is 13.1 Å². The normalized spacial score (nSPS) is 11.3. The van der Waals surface area contributed by atoms with E-state index in [1.807, 2.05) is 24.3 Å². The van der Waals surface area contributed by atoms with E-state index in [2.05, 4.69) is 17.0 Å². The lowest BCUT2D eigenvalue weighted by atomic mass is 10.1. The van der Waals surface area contributed by atoms with E-state index >= 15 is 0 Å². The van der Waals surface area contributed by atoms with Crippen LogP contribution >= 0.6 is 0 Å². The summed E-state index contributed by atoms with van der Waals surface area (Å²) in [7, 11) is -3.60. The highest BCUT2D eigenvalue weighted by Crippen LogP contribution is 2.18. The summed E-state index contributed by atoms with van der Waals surface area (Å²) in [6.45, 7) is 5.94. The van der Waals surface area contributed by atoms with Gasteiger partial charge in [0.2, 0.25) is 10.0 Å². The lowest BCUT2D eigenvalue weighted by Gasteiger charge is -2.11. The van der Waals surface area contributed by atoms with Gasteiger partial charge in [0.25, 0.3) is 5.91 Å². The minimum atomic E-state index is -3.60. The molecule has 0 aliphatic rings. The molecule has 0 aromatic heterocycles. The number of hydrogen-bond donors (Lipinski definition) is 2. The SMILES string of the molecule is CCCCc1ccc(NC(=O)c2cc(S(=O)(=O)NCC)ccc2C)cc1. The smallest absolute Gasteiger partial charge is 0.255 e. The molecule has 1 amide bonds. The van der Waals surface area contributed by atoms with Gasteiger partial charge < -0.3 is 5.32 Å². The third-order valence-corrected chi connectivity index (χ3v) is 5.67. The Labute approximate surface area is 155 Å². The summed E-state index contributed by atoms with van der Waals surface area (Å²) in [5.74, 6) is -0.322. The first kappa shape index (κ1) is 20.1. The average Bonchev–Trinajstić information content (AvgIpc) is 2.61. The summed E-state index contributed by atoms with van der Waals surface area (Å²) >= 11 is 0. The first-order valence-electron chi connectivity index (χ1n) is 8.88. The van der Waals surface area contributed by atoms with Crippen LogP contribution in [0.3, 0.4) is 0 Å². The van der Waals surface area contributed by atoms with Gasteiger partial charge in [0.1, 0.15) is 0 Å². The number of aryl methyl sites for hydroxylation is 2. The van der Waals surface area contributed by atoms with E-state index in [1.165, 1.54) is 17.7 Å². The Hall–Kier alpha value is -2.18. The fourth-order valence-corrected chi connectivity index (χ4v) is 3.69. The Morgan fingerprint density at radius 1 is 1.04 bits per heavy atom. The van der Waals surface area contributed by atoms with E-state index in [1.54, 1.807) is 19.9 Å². The van der Waals surface area contributed by atoms with E-state index in [9.17, 15) is 13.2 Å². The standard InChI is InChI=1S/C20H26N2O3S/c1-4-6-7-16-9-11-17(12-10-16)22-20(23)19-14-18(13-8-15(19)3)26(24,25)21-5-2/h8-14,21H,4-7H2,1-3H3,(H,22,23). The van der Waals surface area contributed by atoms with Crippen molar-refractivity contribution in [2.24, 2.45) is 0 Å². The third kappa shape index (κ3) is 5.16. The van der Waals surface area contributed by atoms with Crippen LogP contribution in [0.15, 0.2) is 47.4 Å². The highest BCUT2D eigenvalue weighted by molar-refractivity contribution is 7.89. The predicted molar refractivity (Wildman–Crippen MR) is 105 cm³/mol. The summed E-state index contributed by atoms with van der Waals surface area (Å²) in [6, 6.07) is 12.3. The van der Waals surface area contributed by atoms with Crippen molar-refractivity contribution in [2.75, 3.05) is 11.9 Å². The zero-order chi connectivity index (χ0) is 19.2. The molecule has 0 aliphatic carbocycles. The molecule has 5 nitrogen and oxygen atoms in total. The molecule has 0 atom stereocenters. The lowest BCUT2D eigenvalue weighted by Crippen LogP contribution is -2.24. The van der Waals surface area contributed by atoms with Crippen molar-refractivity contribution in [3.63, 3.8) is 0 Å². The molecular weight excluding hydrogens is 348 g/mol. The molecule has 0 fully saturated rings. The maximum Gasteiger partial charge on any atom is 0.255 e. The highest BCUT2D eigenvalue weighted by atomic mass is 32.2. The number of unbranched alkanes of at least 4 members (excludes halogenated alkanes) is 1. The van der Waals surface area contributed by atoms with E-state index < -0.39 is 10.0 Å². The minimum absolute atomic E-state index is 0.0880. The Morgan fingerprint density at radius 2 is 1.73 bits per heavy atom. The van der Waals surface area contributed by atoms with Crippen LogP contribution < -0.4 is 10.0 Å². The molecule has 0 aliphatic heterocycles. The van der Waals surface area contributed by atoms with Crippen LogP contribution in [0, 0.1) is 6.92 Å². The Balaban J connectivity index is 2.19. The molecule has 2 aromatic carbocycles. The van der Waals surface area contributed by atoms with Gasteiger partial charge in [0.15, 0.2) is 0 Å². The number of nitrogens with one attached hydrogen (secondary N) is 2. The van der Waals surface area contributed by atoms with Gasteiger partial charge in [-0.3, -0.25) is 4.79 Å². The first-order chi connectivity index (χ1) is 12.4. The van der Waals surface area contributed by atoms with Gasteiger partial charge >= 0.3 is 0 Å². The predicted octanol–water partition coefficient (Wildman–Crippen LogP) is 3.89. The lowest BCUT2D eigenvalue weighted by molar-refractivity contribution is 0.102. The van der Waals surface area contributed by atoms with Crippen LogP contribution in [-0.2, 0) is 16.4 Å². The Bertz CT molecular complexity index is 859. The summed E-state index contributed by atoms with van der Waals surface area (Å²) in [4.78, 5) is 12.7. The number of carbonyl (C=O) groups excluding carboxylic acids is 1. The van der Waals surface area contributed by atoms with Gasteiger partial charge in [-0.2, -0.15) is 0 Å². The molecule has 0 bridgehead atoms. The number of benzene rings is 2. The zero-order valence-electron chi connectivity index (χ0n) is 15.5. The monoisotopic (exact) mass is 374 g/mol.